The van der Waals surface area contributed by atoms with Crippen molar-refractivity contribution in [2.75, 3.05) is 44.3 Å². The van der Waals surface area contributed by atoms with Gasteiger partial charge in [0, 0.05) is 38.3 Å². The predicted octanol–water partition coefficient (Wildman–Crippen LogP) is 3.60. The molecule has 1 atom stereocenters. The molecule has 1 saturated heterocycles. The molecular formula is C24H27N5OS. The van der Waals surface area contributed by atoms with Crippen LogP contribution in [0.2, 0.25) is 0 Å². The van der Waals surface area contributed by atoms with Gasteiger partial charge in [0.15, 0.2) is 5.82 Å². The van der Waals surface area contributed by atoms with E-state index in [2.05, 4.69) is 68.8 Å². The van der Waals surface area contributed by atoms with Crippen LogP contribution < -0.4 is 5.32 Å². The number of anilines is 1. The molecule has 1 aromatic heterocycles. The zero-order valence-electron chi connectivity index (χ0n) is 17.7. The highest BCUT2D eigenvalue weighted by molar-refractivity contribution is 8.00. The van der Waals surface area contributed by atoms with E-state index >= 15 is 0 Å². The van der Waals surface area contributed by atoms with Crippen LogP contribution >= 0.6 is 11.8 Å². The number of hydrogen-bond acceptors (Lipinski definition) is 5. The Morgan fingerprint density at radius 2 is 1.77 bits per heavy atom. The topological polar surface area (TPSA) is 64.3 Å². The number of piperazine rings is 1. The molecule has 5 rings (SSSR count). The SMILES string of the molecule is CN1CCN(Cc2ccc(C3SCC(=O)Nc4n[nH]c(-c5ccccc5)c43)cc2)CC1. The molecule has 3 heterocycles. The Hall–Kier alpha value is -2.61. The number of fused-ring (bicyclic) bond motifs is 1. The van der Waals surface area contributed by atoms with Crippen LogP contribution in [-0.2, 0) is 11.3 Å². The summed E-state index contributed by atoms with van der Waals surface area (Å²) in [6.45, 7) is 5.47. The number of carbonyl (C=O) groups excluding carboxylic acids is 1. The van der Waals surface area contributed by atoms with E-state index in [1.54, 1.807) is 11.8 Å². The number of benzene rings is 2. The summed E-state index contributed by atoms with van der Waals surface area (Å²) in [5.74, 6) is 1.05. The predicted molar refractivity (Wildman–Crippen MR) is 126 cm³/mol. The van der Waals surface area contributed by atoms with E-state index in [4.69, 9.17) is 0 Å². The number of hydrogen-bond donors (Lipinski definition) is 2. The van der Waals surface area contributed by atoms with Crippen LogP contribution in [0.3, 0.4) is 0 Å². The van der Waals surface area contributed by atoms with E-state index in [1.165, 1.54) is 11.1 Å². The van der Waals surface area contributed by atoms with E-state index in [9.17, 15) is 4.79 Å². The Morgan fingerprint density at radius 1 is 1.03 bits per heavy atom. The van der Waals surface area contributed by atoms with Crippen molar-refractivity contribution >= 4 is 23.5 Å². The first kappa shape index (κ1) is 20.3. The maximum absolute atomic E-state index is 12.3. The van der Waals surface area contributed by atoms with Gasteiger partial charge in [-0.05, 0) is 23.7 Å². The highest BCUT2D eigenvalue weighted by atomic mass is 32.2. The fourth-order valence-electron chi connectivity index (χ4n) is 4.26. The summed E-state index contributed by atoms with van der Waals surface area (Å²) < 4.78 is 0. The lowest BCUT2D eigenvalue weighted by Gasteiger charge is -2.32. The molecule has 3 aromatic rings. The summed E-state index contributed by atoms with van der Waals surface area (Å²) in [5, 5.41) is 10.6. The lowest BCUT2D eigenvalue weighted by atomic mass is 9.99. The van der Waals surface area contributed by atoms with Gasteiger partial charge in [0.1, 0.15) is 0 Å². The summed E-state index contributed by atoms with van der Waals surface area (Å²) in [7, 11) is 2.18. The molecular weight excluding hydrogens is 406 g/mol. The summed E-state index contributed by atoms with van der Waals surface area (Å²) >= 11 is 1.66. The van der Waals surface area contributed by atoms with Gasteiger partial charge < -0.3 is 10.2 Å². The molecule has 0 saturated carbocycles. The Morgan fingerprint density at radius 3 is 2.52 bits per heavy atom. The number of aromatic amines is 1. The molecule has 0 aliphatic carbocycles. The quantitative estimate of drug-likeness (QED) is 0.658. The Labute approximate surface area is 187 Å². The Bertz CT molecular complexity index is 1040. The number of rotatable bonds is 4. The van der Waals surface area contributed by atoms with Gasteiger partial charge in [0.2, 0.25) is 5.91 Å². The zero-order chi connectivity index (χ0) is 21.2. The molecule has 160 valence electrons. The number of amides is 1. The van der Waals surface area contributed by atoms with E-state index in [0.29, 0.717) is 11.6 Å². The maximum Gasteiger partial charge on any atom is 0.235 e. The average molecular weight is 434 g/mol. The van der Waals surface area contributed by atoms with E-state index in [1.807, 2.05) is 18.2 Å². The fourth-order valence-corrected chi connectivity index (χ4v) is 5.40. The molecule has 6 nitrogen and oxygen atoms in total. The third-order valence-electron chi connectivity index (χ3n) is 6.05. The van der Waals surface area contributed by atoms with Gasteiger partial charge in [-0.2, -0.15) is 5.10 Å². The van der Waals surface area contributed by atoms with Gasteiger partial charge in [-0.25, -0.2) is 0 Å². The molecule has 2 aliphatic heterocycles. The Balaban J connectivity index is 1.43. The zero-order valence-corrected chi connectivity index (χ0v) is 18.5. The van der Waals surface area contributed by atoms with Crippen molar-refractivity contribution in [3.63, 3.8) is 0 Å². The first-order chi connectivity index (χ1) is 15.2. The van der Waals surface area contributed by atoms with Gasteiger partial charge >= 0.3 is 0 Å². The van der Waals surface area contributed by atoms with Crippen LogP contribution in [0.4, 0.5) is 5.82 Å². The number of thioether (sulfide) groups is 1. The largest absolute Gasteiger partial charge is 0.308 e. The molecule has 0 radical (unpaired) electrons. The molecule has 2 N–H and O–H groups in total. The van der Waals surface area contributed by atoms with Crippen molar-refractivity contribution in [3.8, 4) is 11.3 Å². The van der Waals surface area contributed by atoms with Crippen LogP contribution in [0.1, 0.15) is 21.9 Å². The van der Waals surface area contributed by atoms with Gasteiger partial charge in [-0.3, -0.25) is 14.8 Å². The third kappa shape index (κ3) is 4.39. The van der Waals surface area contributed by atoms with Crippen molar-refractivity contribution in [1.82, 2.24) is 20.0 Å². The number of likely N-dealkylation sites (N-methyl/N-ethyl adjacent to an activating group) is 1. The van der Waals surface area contributed by atoms with E-state index in [-0.39, 0.29) is 11.2 Å². The summed E-state index contributed by atoms with van der Waals surface area (Å²) in [6, 6.07) is 19.1. The molecule has 7 heteroatoms. The van der Waals surface area contributed by atoms with Crippen LogP contribution in [0.15, 0.2) is 54.6 Å². The second-order valence-corrected chi connectivity index (χ2v) is 9.38. The van der Waals surface area contributed by atoms with Gasteiger partial charge in [0.25, 0.3) is 0 Å². The van der Waals surface area contributed by atoms with Crippen LogP contribution in [-0.4, -0.2) is 64.9 Å². The third-order valence-corrected chi connectivity index (χ3v) is 7.32. The first-order valence-electron chi connectivity index (χ1n) is 10.7. The first-order valence-corrected chi connectivity index (χ1v) is 11.8. The molecule has 1 unspecified atom stereocenters. The molecule has 2 aliphatic rings. The molecule has 0 bridgehead atoms. The number of nitrogens with zero attached hydrogens (tertiary/aromatic N) is 3. The number of nitrogens with one attached hydrogen (secondary N) is 2. The number of aromatic nitrogens is 2. The van der Waals surface area contributed by atoms with Crippen molar-refractivity contribution in [2.45, 2.75) is 11.8 Å². The molecule has 1 amide bonds. The molecule has 2 aromatic carbocycles. The minimum Gasteiger partial charge on any atom is -0.308 e. The second kappa shape index (κ2) is 8.86. The molecule has 31 heavy (non-hydrogen) atoms. The summed E-state index contributed by atoms with van der Waals surface area (Å²) in [5.41, 5.74) is 5.62. The second-order valence-electron chi connectivity index (χ2n) is 8.29. The Kier molecular flexibility index (Phi) is 5.80. The fraction of sp³-hybridized carbons (Fsp3) is 0.333. The highest BCUT2D eigenvalue weighted by Crippen LogP contribution is 2.45. The number of carbonyl (C=O) groups is 1. The van der Waals surface area contributed by atoms with Crippen LogP contribution in [0, 0.1) is 0 Å². The number of H-pyrrole nitrogens is 1. The van der Waals surface area contributed by atoms with Crippen LogP contribution in [0.25, 0.3) is 11.3 Å². The molecule has 0 spiro atoms. The van der Waals surface area contributed by atoms with Crippen LogP contribution in [0.5, 0.6) is 0 Å². The van der Waals surface area contributed by atoms with E-state index in [0.717, 1.165) is 49.5 Å². The standard InChI is InChI=1S/C24H27N5OS/c1-28-11-13-29(14-12-28)15-17-7-9-19(10-8-17)23-21-22(18-5-3-2-4-6-18)26-27-24(21)25-20(30)16-31-23/h2-10,23H,11-16H2,1H3,(H2,25,26,27,30). The van der Waals surface area contributed by atoms with Gasteiger partial charge in [-0.15, -0.1) is 11.8 Å². The van der Waals surface area contributed by atoms with Gasteiger partial charge in [0.05, 0.1) is 16.7 Å². The minimum atomic E-state index is -0.00783. The molecule has 1 fully saturated rings. The minimum absolute atomic E-state index is 0.00783. The smallest absolute Gasteiger partial charge is 0.235 e. The monoisotopic (exact) mass is 433 g/mol. The maximum atomic E-state index is 12.3. The van der Waals surface area contributed by atoms with E-state index < -0.39 is 0 Å². The van der Waals surface area contributed by atoms with Crippen molar-refractivity contribution in [2.24, 2.45) is 0 Å². The summed E-state index contributed by atoms with van der Waals surface area (Å²) in [4.78, 5) is 17.2. The average Bonchev–Trinajstić information content (AvgIpc) is 3.12. The van der Waals surface area contributed by atoms with Gasteiger partial charge in [-0.1, -0.05) is 54.6 Å². The highest BCUT2D eigenvalue weighted by Gasteiger charge is 2.30. The normalized spacial score (nSPS) is 20.2. The van der Waals surface area contributed by atoms with Crippen molar-refractivity contribution < 1.29 is 4.79 Å². The van der Waals surface area contributed by atoms with Crippen molar-refractivity contribution in [1.29, 1.82) is 0 Å². The van der Waals surface area contributed by atoms with Crippen molar-refractivity contribution in [3.05, 3.63) is 71.3 Å². The lowest BCUT2D eigenvalue weighted by molar-refractivity contribution is -0.113. The summed E-state index contributed by atoms with van der Waals surface area (Å²) in [6.07, 6.45) is 0. The lowest BCUT2D eigenvalue weighted by Crippen LogP contribution is -2.43.